The SMILES string of the molecule is CC.CC.CC.Cc1ccc2c(c1)CCC2. The minimum atomic E-state index is 1.30. The van der Waals surface area contributed by atoms with Crippen molar-refractivity contribution < 1.29 is 0 Å². The van der Waals surface area contributed by atoms with E-state index < -0.39 is 0 Å². The molecule has 94 valence electrons. The molecule has 0 radical (unpaired) electrons. The van der Waals surface area contributed by atoms with E-state index in [9.17, 15) is 0 Å². The van der Waals surface area contributed by atoms with Gasteiger partial charge >= 0.3 is 0 Å². The van der Waals surface area contributed by atoms with Gasteiger partial charge in [-0.05, 0) is 37.3 Å². The molecule has 0 bridgehead atoms. The summed E-state index contributed by atoms with van der Waals surface area (Å²) in [7, 11) is 0. The second kappa shape index (κ2) is 12.3. The maximum Gasteiger partial charge on any atom is -0.0273 e. The molecule has 0 saturated carbocycles. The lowest BCUT2D eigenvalue weighted by Crippen LogP contribution is -1.81. The molecule has 0 heteroatoms. The van der Waals surface area contributed by atoms with Gasteiger partial charge < -0.3 is 0 Å². The lowest BCUT2D eigenvalue weighted by Gasteiger charge is -1.98. The van der Waals surface area contributed by atoms with Crippen molar-refractivity contribution >= 4 is 0 Å². The molecule has 16 heavy (non-hydrogen) atoms. The second-order valence-electron chi connectivity index (χ2n) is 3.13. The molecule has 1 aromatic carbocycles. The lowest BCUT2D eigenvalue weighted by atomic mass is 10.1. The fourth-order valence-corrected chi connectivity index (χ4v) is 1.70. The van der Waals surface area contributed by atoms with Crippen LogP contribution in [0.3, 0.4) is 0 Å². The summed E-state index contributed by atoms with van der Waals surface area (Å²) in [5, 5.41) is 0. The number of benzene rings is 1. The smallest absolute Gasteiger partial charge is 0.0273 e. The largest absolute Gasteiger partial charge is 0.0683 e. The molecule has 0 fully saturated rings. The van der Waals surface area contributed by atoms with Crippen molar-refractivity contribution in [1.29, 1.82) is 0 Å². The molecule has 0 unspecified atom stereocenters. The molecule has 0 saturated heterocycles. The Labute approximate surface area is 103 Å². The molecule has 2 rings (SSSR count). The van der Waals surface area contributed by atoms with E-state index in [0.29, 0.717) is 0 Å². The van der Waals surface area contributed by atoms with Gasteiger partial charge in [0.25, 0.3) is 0 Å². The van der Waals surface area contributed by atoms with Crippen molar-refractivity contribution in [3.05, 3.63) is 34.9 Å². The van der Waals surface area contributed by atoms with Crippen LogP contribution in [0.25, 0.3) is 0 Å². The summed E-state index contributed by atoms with van der Waals surface area (Å²) < 4.78 is 0. The fraction of sp³-hybridized carbons (Fsp3) is 0.625. The van der Waals surface area contributed by atoms with Gasteiger partial charge in [0.15, 0.2) is 0 Å². The zero-order valence-corrected chi connectivity index (χ0v) is 12.4. The molecule has 0 heterocycles. The van der Waals surface area contributed by atoms with Crippen molar-refractivity contribution in [3.63, 3.8) is 0 Å². The van der Waals surface area contributed by atoms with Gasteiger partial charge in [-0.1, -0.05) is 65.3 Å². The quantitative estimate of drug-likeness (QED) is 0.539. The molecule has 0 aromatic heterocycles. The highest BCUT2D eigenvalue weighted by atomic mass is 14.1. The van der Waals surface area contributed by atoms with Gasteiger partial charge in [0, 0.05) is 0 Å². The van der Waals surface area contributed by atoms with E-state index in [1.54, 1.807) is 11.1 Å². The summed E-state index contributed by atoms with van der Waals surface area (Å²) in [5.41, 5.74) is 4.56. The third-order valence-corrected chi connectivity index (χ3v) is 2.25. The van der Waals surface area contributed by atoms with Gasteiger partial charge in [-0.15, -0.1) is 0 Å². The Morgan fingerprint density at radius 1 is 0.750 bits per heavy atom. The standard InChI is InChI=1S/C10H12.3C2H6/c1-8-5-6-9-3-2-4-10(9)7-8;3*1-2/h5-7H,2-4H2,1H3;3*1-2H3. The zero-order valence-electron chi connectivity index (χ0n) is 12.4. The van der Waals surface area contributed by atoms with Crippen LogP contribution in [-0.2, 0) is 12.8 Å². The Morgan fingerprint density at radius 3 is 1.81 bits per heavy atom. The third-order valence-electron chi connectivity index (χ3n) is 2.25. The molecule has 1 aromatic rings. The van der Waals surface area contributed by atoms with Crippen LogP contribution >= 0.6 is 0 Å². The second-order valence-corrected chi connectivity index (χ2v) is 3.13. The first-order chi connectivity index (χ1) is 7.86. The van der Waals surface area contributed by atoms with Gasteiger partial charge in [-0.2, -0.15) is 0 Å². The molecule has 0 aliphatic heterocycles. The Bertz CT molecular complexity index is 248. The molecule has 1 aliphatic rings. The first-order valence-electron chi connectivity index (χ1n) is 6.95. The van der Waals surface area contributed by atoms with Gasteiger partial charge in [0.05, 0.1) is 0 Å². The molecule has 1 aliphatic carbocycles. The van der Waals surface area contributed by atoms with E-state index in [1.165, 1.54) is 24.8 Å². The van der Waals surface area contributed by atoms with Crippen molar-refractivity contribution in [3.8, 4) is 0 Å². The highest BCUT2D eigenvalue weighted by molar-refractivity contribution is 5.34. The maximum atomic E-state index is 2.32. The number of aryl methyl sites for hydroxylation is 3. The molecule has 0 amide bonds. The van der Waals surface area contributed by atoms with Crippen LogP contribution in [0.4, 0.5) is 0 Å². The highest BCUT2D eigenvalue weighted by Crippen LogP contribution is 2.22. The van der Waals surface area contributed by atoms with E-state index >= 15 is 0 Å². The monoisotopic (exact) mass is 222 g/mol. The van der Waals surface area contributed by atoms with Gasteiger partial charge in [0.2, 0.25) is 0 Å². The molecule has 0 spiro atoms. The van der Waals surface area contributed by atoms with Crippen LogP contribution < -0.4 is 0 Å². The average molecular weight is 222 g/mol. The lowest BCUT2D eigenvalue weighted by molar-refractivity contribution is 0.911. The summed E-state index contributed by atoms with van der Waals surface area (Å²) in [4.78, 5) is 0. The topological polar surface area (TPSA) is 0 Å². The first kappa shape index (κ1) is 17.6. The number of rotatable bonds is 0. The number of hydrogen-bond acceptors (Lipinski definition) is 0. The first-order valence-corrected chi connectivity index (χ1v) is 6.95. The normalized spacial score (nSPS) is 10.7. The van der Waals surface area contributed by atoms with Crippen molar-refractivity contribution in [2.45, 2.75) is 67.7 Å². The van der Waals surface area contributed by atoms with E-state index in [4.69, 9.17) is 0 Å². The molecule has 0 N–H and O–H groups in total. The Hall–Kier alpha value is -0.780. The minimum Gasteiger partial charge on any atom is -0.0683 e. The minimum absolute atomic E-state index is 1.30. The van der Waals surface area contributed by atoms with Crippen molar-refractivity contribution in [1.82, 2.24) is 0 Å². The van der Waals surface area contributed by atoms with Gasteiger partial charge in [-0.3, -0.25) is 0 Å². The summed E-state index contributed by atoms with van der Waals surface area (Å²) in [6.07, 6.45) is 3.96. The summed E-state index contributed by atoms with van der Waals surface area (Å²) in [6.45, 7) is 14.2. The van der Waals surface area contributed by atoms with Crippen LogP contribution in [0.5, 0.6) is 0 Å². The maximum absolute atomic E-state index is 2.32. The van der Waals surface area contributed by atoms with Crippen molar-refractivity contribution in [2.24, 2.45) is 0 Å². The van der Waals surface area contributed by atoms with E-state index in [0.717, 1.165) is 0 Å². The predicted molar refractivity (Wildman–Crippen MR) is 77.2 cm³/mol. The third kappa shape index (κ3) is 5.95. The average Bonchev–Trinajstić information content (AvgIpc) is 2.84. The highest BCUT2D eigenvalue weighted by Gasteiger charge is 2.08. The summed E-state index contributed by atoms with van der Waals surface area (Å²) in [6, 6.07) is 6.81. The summed E-state index contributed by atoms with van der Waals surface area (Å²) in [5.74, 6) is 0. The van der Waals surface area contributed by atoms with E-state index in [-0.39, 0.29) is 0 Å². The Kier molecular flexibility index (Phi) is 13.5. The Morgan fingerprint density at radius 2 is 1.25 bits per heavy atom. The number of hydrogen-bond donors (Lipinski definition) is 0. The van der Waals surface area contributed by atoms with E-state index in [2.05, 4.69) is 25.1 Å². The molecule has 0 nitrogen and oxygen atoms in total. The van der Waals surface area contributed by atoms with E-state index in [1.807, 2.05) is 41.5 Å². The van der Waals surface area contributed by atoms with Crippen molar-refractivity contribution in [2.75, 3.05) is 0 Å². The predicted octanol–water partition coefficient (Wildman–Crippen LogP) is 5.56. The Balaban J connectivity index is 0. The molecular weight excluding hydrogens is 192 g/mol. The zero-order chi connectivity index (χ0) is 13.0. The van der Waals surface area contributed by atoms with Gasteiger partial charge in [0.1, 0.15) is 0 Å². The van der Waals surface area contributed by atoms with Crippen LogP contribution in [0, 0.1) is 6.92 Å². The van der Waals surface area contributed by atoms with Crippen LogP contribution in [-0.4, -0.2) is 0 Å². The fourth-order valence-electron chi connectivity index (χ4n) is 1.70. The molecule has 0 atom stereocenters. The summed E-state index contributed by atoms with van der Waals surface area (Å²) >= 11 is 0. The van der Waals surface area contributed by atoms with Crippen LogP contribution in [0.1, 0.15) is 64.7 Å². The van der Waals surface area contributed by atoms with Gasteiger partial charge in [-0.25, -0.2) is 0 Å². The number of fused-ring (bicyclic) bond motifs is 1. The molecular formula is C16H30. The van der Waals surface area contributed by atoms with Crippen LogP contribution in [0.15, 0.2) is 18.2 Å². The van der Waals surface area contributed by atoms with Crippen LogP contribution in [0.2, 0.25) is 0 Å².